The van der Waals surface area contributed by atoms with Crippen LogP contribution in [0.4, 0.5) is 0 Å². The summed E-state index contributed by atoms with van der Waals surface area (Å²) in [5.41, 5.74) is 4.38. The second kappa shape index (κ2) is 19.9. The smallest absolute Gasteiger partial charge is 0.112 e. The lowest BCUT2D eigenvalue weighted by Gasteiger charge is -2.43. The molecule has 0 fully saturated rings. The fraction of sp³-hybridized carbons (Fsp3) is 0.250. The molecule has 6 rings (SSSR count). The summed E-state index contributed by atoms with van der Waals surface area (Å²) in [7, 11) is -1.57. The number of unbranched alkanes of at least 4 members (excludes halogenated alkanes) is 6. The molecule has 0 aliphatic carbocycles. The lowest BCUT2D eigenvalue weighted by Crippen LogP contribution is -2.66. The van der Waals surface area contributed by atoms with E-state index in [0.29, 0.717) is 0 Å². The van der Waals surface area contributed by atoms with Crippen molar-refractivity contribution in [3.63, 3.8) is 0 Å². The SMILES string of the molecule is CCCCCCCC[B-](c1ccccc1)(c1ccccc1)c1ccccc1.CCCC[P+](c1ccccc1)(c1ccccc1)c1ccccc1. The molecule has 0 aliphatic heterocycles. The van der Waals surface area contributed by atoms with Gasteiger partial charge in [-0.25, -0.2) is 0 Å². The van der Waals surface area contributed by atoms with E-state index in [1.807, 2.05) is 0 Å². The van der Waals surface area contributed by atoms with Crippen LogP contribution < -0.4 is 32.3 Å². The monoisotopic (exact) mass is 674 g/mol. The van der Waals surface area contributed by atoms with E-state index in [4.69, 9.17) is 0 Å². The molecule has 0 bridgehead atoms. The van der Waals surface area contributed by atoms with E-state index in [-0.39, 0.29) is 0 Å². The Bertz CT molecular complexity index is 1550. The second-order valence-electron chi connectivity index (χ2n) is 13.7. The standard InChI is InChI=1S/C26H32B.C22H24P/c1-2-3-4-5-6-16-23-27(24-17-10-7-11-18-24,25-19-12-8-13-20-25)26-21-14-9-15-22-26;1-2-3-19-23(20-13-7-4-8-14-20,21-15-9-5-10-16-21)22-17-11-6-12-18-22/h7-15,17-22H,2-6,16,23H2,1H3;4-18H,2-3,19H2,1H3/q-1;+1. The molecule has 2 heteroatoms. The molecule has 0 aliphatic rings. The minimum absolute atomic E-state index is 0.938. The number of benzene rings is 6. The van der Waals surface area contributed by atoms with Gasteiger partial charge in [-0.2, -0.15) is 22.7 Å². The molecule has 0 saturated heterocycles. The Hall–Kier alpha value is -4.19. The second-order valence-corrected chi connectivity index (χ2v) is 17.3. The van der Waals surface area contributed by atoms with Gasteiger partial charge >= 0.3 is 0 Å². The van der Waals surface area contributed by atoms with E-state index in [0.717, 1.165) is 0 Å². The number of hydrogen-bond acceptors (Lipinski definition) is 0. The molecular weight excluding hydrogens is 618 g/mol. The third-order valence-electron chi connectivity index (χ3n) is 10.5. The van der Waals surface area contributed by atoms with Crippen molar-refractivity contribution in [2.24, 2.45) is 0 Å². The summed E-state index contributed by atoms with van der Waals surface area (Å²) in [5, 5.41) is 4.47. The van der Waals surface area contributed by atoms with Crippen molar-refractivity contribution in [2.75, 3.05) is 6.16 Å². The Morgan fingerprint density at radius 2 is 0.640 bits per heavy atom. The first-order valence-corrected chi connectivity index (χ1v) is 21.1. The van der Waals surface area contributed by atoms with E-state index in [1.165, 1.54) is 96.2 Å². The summed E-state index contributed by atoms with van der Waals surface area (Å²) in [5.74, 6) is 0. The Kier molecular flexibility index (Phi) is 14.7. The van der Waals surface area contributed by atoms with E-state index >= 15 is 0 Å². The lowest BCUT2D eigenvalue weighted by molar-refractivity contribution is 0.623. The molecule has 0 amide bonds. The molecule has 0 heterocycles. The summed E-state index contributed by atoms with van der Waals surface area (Å²) in [6.07, 6.45) is 12.0. The Labute approximate surface area is 304 Å². The van der Waals surface area contributed by atoms with Gasteiger partial charge in [0.15, 0.2) is 0 Å². The van der Waals surface area contributed by atoms with Crippen LogP contribution >= 0.6 is 7.26 Å². The predicted molar refractivity (Wildman–Crippen MR) is 227 cm³/mol. The van der Waals surface area contributed by atoms with Crippen LogP contribution in [-0.2, 0) is 0 Å². The van der Waals surface area contributed by atoms with Gasteiger partial charge in [0.2, 0.25) is 0 Å². The molecule has 0 spiro atoms. The van der Waals surface area contributed by atoms with Crippen LogP contribution in [0.5, 0.6) is 0 Å². The molecule has 0 unspecified atom stereocenters. The zero-order valence-electron chi connectivity index (χ0n) is 30.4. The van der Waals surface area contributed by atoms with Crippen molar-refractivity contribution in [1.82, 2.24) is 0 Å². The van der Waals surface area contributed by atoms with E-state index < -0.39 is 13.4 Å². The summed E-state index contributed by atoms with van der Waals surface area (Å²) in [6, 6.07) is 66.9. The van der Waals surface area contributed by atoms with Gasteiger partial charge in [0.1, 0.15) is 23.2 Å². The van der Waals surface area contributed by atoms with Crippen molar-refractivity contribution < 1.29 is 0 Å². The normalized spacial score (nSPS) is 11.4. The molecule has 0 nitrogen and oxygen atoms in total. The van der Waals surface area contributed by atoms with Gasteiger partial charge in [0, 0.05) is 0 Å². The van der Waals surface area contributed by atoms with Gasteiger partial charge < -0.3 is 0 Å². The summed E-state index contributed by atoms with van der Waals surface area (Å²) >= 11 is 0. The van der Waals surface area contributed by atoms with Crippen LogP contribution in [0.1, 0.15) is 65.2 Å². The van der Waals surface area contributed by atoms with Gasteiger partial charge in [0.25, 0.3) is 0 Å². The largest absolute Gasteiger partial charge is 0.200 e. The topological polar surface area (TPSA) is 0 Å². The Morgan fingerprint density at radius 3 is 0.980 bits per heavy atom. The maximum Gasteiger partial charge on any atom is 0.112 e. The molecule has 0 saturated carbocycles. The number of rotatable bonds is 16. The minimum Gasteiger partial charge on any atom is -0.200 e. The van der Waals surface area contributed by atoms with E-state index in [1.54, 1.807) is 0 Å². The van der Waals surface area contributed by atoms with Gasteiger partial charge in [0.05, 0.1) is 12.3 Å². The first-order chi connectivity index (χ1) is 24.8. The molecule has 6 aromatic carbocycles. The fourth-order valence-corrected chi connectivity index (χ4v) is 12.4. The fourth-order valence-electron chi connectivity index (χ4n) is 7.93. The maximum atomic E-state index is 2.33. The highest BCUT2D eigenvalue weighted by Crippen LogP contribution is 2.55. The zero-order valence-corrected chi connectivity index (χ0v) is 31.3. The summed E-state index contributed by atoms with van der Waals surface area (Å²) < 4.78 is 0. The number of hydrogen-bond donors (Lipinski definition) is 0. The van der Waals surface area contributed by atoms with Crippen LogP contribution in [0.2, 0.25) is 6.32 Å². The van der Waals surface area contributed by atoms with Crippen LogP contribution in [0.25, 0.3) is 0 Å². The molecule has 0 atom stereocenters. The van der Waals surface area contributed by atoms with Crippen molar-refractivity contribution in [1.29, 1.82) is 0 Å². The highest BCUT2D eigenvalue weighted by atomic mass is 31.2. The van der Waals surface area contributed by atoms with E-state index in [2.05, 4.69) is 196 Å². The zero-order chi connectivity index (χ0) is 34.7. The average Bonchev–Trinajstić information content (AvgIpc) is 3.21. The molecule has 6 aromatic rings. The lowest BCUT2D eigenvalue weighted by atomic mass is 9.14. The van der Waals surface area contributed by atoms with Crippen LogP contribution in [0.3, 0.4) is 0 Å². The van der Waals surface area contributed by atoms with Crippen molar-refractivity contribution >= 4 is 45.7 Å². The molecule has 0 aromatic heterocycles. The molecule has 50 heavy (non-hydrogen) atoms. The summed E-state index contributed by atoms with van der Waals surface area (Å²) in [4.78, 5) is 0. The quantitative estimate of drug-likeness (QED) is 0.0545. The highest BCUT2D eigenvalue weighted by Gasteiger charge is 2.44. The summed E-state index contributed by atoms with van der Waals surface area (Å²) in [6.45, 7) is 4.57. The third kappa shape index (κ3) is 9.13. The van der Waals surface area contributed by atoms with Crippen LogP contribution in [0, 0.1) is 0 Å². The predicted octanol–water partition coefficient (Wildman–Crippen LogP) is 10.3. The van der Waals surface area contributed by atoms with Gasteiger partial charge in [-0.05, 0) is 42.8 Å². The van der Waals surface area contributed by atoms with Gasteiger partial charge in [-0.15, -0.1) is 0 Å². The van der Waals surface area contributed by atoms with Crippen LogP contribution in [-0.4, -0.2) is 12.3 Å². The molecular formula is C48H56BP. The Morgan fingerprint density at radius 1 is 0.340 bits per heavy atom. The van der Waals surface area contributed by atoms with Crippen molar-refractivity contribution in [3.8, 4) is 0 Å². The first kappa shape index (κ1) is 37.1. The highest BCUT2D eigenvalue weighted by molar-refractivity contribution is 7.95. The van der Waals surface area contributed by atoms with E-state index in [9.17, 15) is 0 Å². The van der Waals surface area contributed by atoms with Crippen molar-refractivity contribution in [3.05, 3.63) is 182 Å². The molecule has 256 valence electrons. The van der Waals surface area contributed by atoms with Crippen LogP contribution in [0.15, 0.2) is 182 Å². The molecule has 0 radical (unpaired) electrons. The first-order valence-electron chi connectivity index (χ1n) is 19.1. The average molecular weight is 675 g/mol. The Balaban J connectivity index is 0.000000197. The van der Waals surface area contributed by atoms with Crippen molar-refractivity contribution in [2.45, 2.75) is 71.5 Å². The maximum absolute atomic E-state index is 2.33. The third-order valence-corrected chi connectivity index (χ3v) is 15.1. The van der Waals surface area contributed by atoms with Gasteiger partial charge in [-0.3, -0.25) is 0 Å². The minimum atomic E-state index is -1.57. The van der Waals surface area contributed by atoms with Gasteiger partial charge in [-0.1, -0.05) is 204 Å². The molecule has 0 N–H and O–H groups in total.